The Morgan fingerprint density at radius 3 is 1.92 bits per heavy atom. The third-order valence-electron chi connectivity index (χ3n) is 8.89. The van der Waals surface area contributed by atoms with Crippen LogP contribution in [-0.4, -0.2) is 55.8 Å². The Hall–Kier alpha value is -5.68. The molecule has 1 heterocycles. The number of hydrogen-bond donors (Lipinski definition) is 0. The van der Waals surface area contributed by atoms with Crippen LogP contribution in [0.3, 0.4) is 0 Å². The zero-order valence-corrected chi connectivity index (χ0v) is 30.2. The molecule has 0 aromatic heterocycles. The highest BCUT2D eigenvalue weighted by molar-refractivity contribution is 6.02. The van der Waals surface area contributed by atoms with Crippen molar-refractivity contribution in [2.75, 3.05) is 21.3 Å². The van der Waals surface area contributed by atoms with Crippen molar-refractivity contribution in [3.8, 4) is 28.4 Å². The number of ether oxygens (including phenoxy) is 5. The van der Waals surface area contributed by atoms with Crippen molar-refractivity contribution in [1.82, 2.24) is 5.06 Å². The Bertz CT molecular complexity index is 1890. The summed E-state index contributed by atoms with van der Waals surface area (Å²) < 4.78 is 27.9. The summed E-state index contributed by atoms with van der Waals surface area (Å²) in [6.07, 6.45) is -0.606. The van der Waals surface area contributed by atoms with E-state index >= 15 is 0 Å². The first-order valence-corrected chi connectivity index (χ1v) is 16.8. The van der Waals surface area contributed by atoms with Crippen molar-refractivity contribution < 1.29 is 47.7 Å². The quantitative estimate of drug-likeness (QED) is 0.0558. The first kappa shape index (κ1) is 37.6. The van der Waals surface area contributed by atoms with E-state index in [1.165, 1.54) is 47.2 Å². The van der Waals surface area contributed by atoms with E-state index in [4.69, 9.17) is 28.5 Å². The topological polar surface area (TPSA) is 127 Å². The molecule has 52 heavy (non-hydrogen) atoms. The number of hydrogen-bond acceptors (Lipinski definition) is 10. The average Bonchev–Trinajstić information content (AvgIpc) is 3.14. The zero-order valence-electron chi connectivity index (χ0n) is 30.2. The Morgan fingerprint density at radius 1 is 0.731 bits per heavy atom. The van der Waals surface area contributed by atoms with Crippen molar-refractivity contribution in [3.63, 3.8) is 0 Å². The van der Waals surface area contributed by atoms with Gasteiger partial charge in [0.1, 0.15) is 23.9 Å². The molecule has 1 aliphatic rings. The van der Waals surface area contributed by atoms with Crippen molar-refractivity contribution in [2.45, 2.75) is 59.0 Å². The zero-order chi connectivity index (χ0) is 37.5. The standard InChI is InChI=1S/C41H43NO10/c1-27(43)30-15-11-17-32(21-30)31-16-10-14-29(20-31)24-41(38(45)51-40(2,3)52-39(41)46)19-18-37(44)42(50-26-28-12-8-7-9-13-28)25-34-35(48-5)22-33(47-4)23-36(34)49-6/h7-17,20-23H,18-19,24-26H2,1-6H3. The highest BCUT2D eigenvalue weighted by Gasteiger charge is 2.56. The highest BCUT2D eigenvalue weighted by atomic mass is 16.7. The maximum Gasteiger partial charge on any atom is 0.327 e. The van der Waals surface area contributed by atoms with Crippen LogP contribution in [0.1, 0.15) is 60.7 Å². The molecular formula is C41H43NO10. The second-order valence-electron chi connectivity index (χ2n) is 13.0. The number of benzene rings is 4. The molecule has 4 aromatic rings. The van der Waals surface area contributed by atoms with Crippen molar-refractivity contribution in [3.05, 3.63) is 113 Å². The maximum atomic E-state index is 14.2. The monoisotopic (exact) mass is 709 g/mol. The number of carbonyl (C=O) groups is 4. The minimum Gasteiger partial charge on any atom is -0.496 e. The molecule has 0 unspecified atom stereocenters. The molecule has 272 valence electrons. The van der Waals surface area contributed by atoms with Gasteiger partial charge in [-0.3, -0.25) is 24.0 Å². The molecule has 0 saturated carbocycles. The molecular weight excluding hydrogens is 666 g/mol. The predicted molar refractivity (Wildman–Crippen MR) is 191 cm³/mol. The summed E-state index contributed by atoms with van der Waals surface area (Å²) in [4.78, 5) is 60.0. The van der Waals surface area contributed by atoms with Gasteiger partial charge in [-0.15, -0.1) is 0 Å². The smallest absolute Gasteiger partial charge is 0.327 e. The van der Waals surface area contributed by atoms with Gasteiger partial charge in [-0.1, -0.05) is 72.8 Å². The lowest BCUT2D eigenvalue weighted by Crippen LogP contribution is -2.55. The molecule has 5 rings (SSSR count). The van der Waals surface area contributed by atoms with Gasteiger partial charge >= 0.3 is 11.9 Å². The van der Waals surface area contributed by atoms with Crippen molar-refractivity contribution in [2.24, 2.45) is 5.41 Å². The van der Waals surface area contributed by atoms with Gasteiger partial charge in [0.25, 0.3) is 5.79 Å². The lowest BCUT2D eigenvalue weighted by Gasteiger charge is -2.40. The van der Waals surface area contributed by atoms with E-state index in [1.54, 1.807) is 36.4 Å². The first-order chi connectivity index (χ1) is 24.9. The van der Waals surface area contributed by atoms with Crippen LogP contribution in [0.15, 0.2) is 91.0 Å². The molecule has 1 aliphatic heterocycles. The molecule has 0 N–H and O–H groups in total. The molecule has 0 radical (unpaired) electrons. The third kappa shape index (κ3) is 8.60. The van der Waals surface area contributed by atoms with Crippen LogP contribution in [-0.2, 0) is 48.3 Å². The van der Waals surface area contributed by atoms with Gasteiger partial charge in [-0.25, -0.2) is 5.06 Å². The van der Waals surface area contributed by atoms with E-state index in [9.17, 15) is 19.2 Å². The van der Waals surface area contributed by atoms with Crippen LogP contribution in [0.4, 0.5) is 0 Å². The van der Waals surface area contributed by atoms with Gasteiger partial charge in [0, 0.05) is 38.0 Å². The minimum atomic E-state index is -1.84. The SMILES string of the molecule is COc1cc(OC)c(CN(OCc2ccccc2)C(=O)CCC2(Cc3cccc(-c4cccc(C(C)=O)c4)c3)C(=O)OC(C)(C)OC2=O)c(OC)c1. The Balaban J connectivity index is 1.46. The van der Waals surface area contributed by atoms with E-state index in [0.29, 0.717) is 33.9 Å². The first-order valence-electron chi connectivity index (χ1n) is 16.8. The van der Waals surface area contributed by atoms with Crippen LogP contribution in [0.5, 0.6) is 17.2 Å². The van der Waals surface area contributed by atoms with Crippen LogP contribution in [0.25, 0.3) is 11.1 Å². The Labute approximate surface area is 303 Å². The number of Topliss-reactive ketones (excluding diaryl/α,β-unsaturated/α-hetero) is 1. The molecule has 11 heteroatoms. The van der Waals surface area contributed by atoms with Crippen molar-refractivity contribution >= 4 is 23.6 Å². The summed E-state index contributed by atoms with van der Waals surface area (Å²) in [5, 5.41) is 1.18. The maximum absolute atomic E-state index is 14.2. The van der Waals surface area contributed by atoms with Gasteiger partial charge in [-0.2, -0.15) is 0 Å². The lowest BCUT2D eigenvalue weighted by molar-refractivity contribution is -0.251. The predicted octanol–water partition coefficient (Wildman–Crippen LogP) is 6.89. The number of cyclic esters (lactones) is 2. The Kier molecular flexibility index (Phi) is 11.6. The van der Waals surface area contributed by atoms with E-state index in [0.717, 1.165) is 16.7 Å². The second kappa shape index (κ2) is 16.1. The molecule has 0 bridgehead atoms. The normalized spacial score (nSPS) is 14.5. The summed E-state index contributed by atoms with van der Waals surface area (Å²) in [6.45, 7) is 4.44. The molecule has 11 nitrogen and oxygen atoms in total. The fraction of sp³-hybridized carbons (Fsp3) is 0.317. The number of amides is 1. The number of rotatable bonds is 15. The van der Waals surface area contributed by atoms with Gasteiger partial charge in [0.15, 0.2) is 11.2 Å². The van der Waals surface area contributed by atoms with Crippen LogP contribution in [0.2, 0.25) is 0 Å². The minimum absolute atomic E-state index is 0.0639. The number of hydroxylamine groups is 2. The number of esters is 2. The van der Waals surface area contributed by atoms with Gasteiger partial charge < -0.3 is 23.7 Å². The molecule has 0 aliphatic carbocycles. The van der Waals surface area contributed by atoms with Crippen LogP contribution < -0.4 is 14.2 Å². The summed E-state index contributed by atoms with van der Waals surface area (Å²) in [5.74, 6) is -2.33. The lowest BCUT2D eigenvalue weighted by atomic mass is 9.76. The summed E-state index contributed by atoms with van der Waals surface area (Å²) >= 11 is 0. The number of ketones is 1. The average molecular weight is 710 g/mol. The number of methoxy groups -OCH3 is 3. The van der Waals surface area contributed by atoms with Crippen LogP contribution in [0, 0.1) is 5.41 Å². The van der Waals surface area contributed by atoms with Gasteiger partial charge in [0.05, 0.1) is 33.4 Å². The highest BCUT2D eigenvalue weighted by Crippen LogP contribution is 2.41. The molecule has 1 fully saturated rings. The fourth-order valence-corrected chi connectivity index (χ4v) is 6.06. The second-order valence-corrected chi connectivity index (χ2v) is 13.0. The van der Waals surface area contributed by atoms with E-state index in [2.05, 4.69) is 0 Å². The largest absolute Gasteiger partial charge is 0.496 e. The van der Waals surface area contributed by atoms with E-state index < -0.39 is 29.0 Å². The van der Waals surface area contributed by atoms with E-state index in [1.807, 2.05) is 54.6 Å². The number of carbonyl (C=O) groups excluding carboxylic acids is 4. The van der Waals surface area contributed by atoms with Crippen LogP contribution >= 0.6 is 0 Å². The molecule has 0 atom stereocenters. The molecule has 1 amide bonds. The molecule has 4 aromatic carbocycles. The third-order valence-corrected chi connectivity index (χ3v) is 8.89. The van der Waals surface area contributed by atoms with Crippen molar-refractivity contribution in [1.29, 1.82) is 0 Å². The molecule has 0 spiro atoms. The van der Waals surface area contributed by atoms with Gasteiger partial charge in [0.2, 0.25) is 5.91 Å². The summed E-state index contributed by atoms with van der Waals surface area (Å²) in [7, 11) is 4.51. The summed E-state index contributed by atoms with van der Waals surface area (Å²) in [6, 6.07) is 27.2. The Morgan fingerprint density at radius 2 is 1.33 bits per heavy atom. The van der Waals surface area contributed by atoms with Gasteiger partial charge in [-0.05, 0) is 48.1 Å². The fourth-order valence-electron chi connectivity index (χ4n) is 6.06. The van der Waals surface area contributed by atoms with E-state index in [-0.39, 0.29) is 38.2 Å². The number of nitrogens with zero attached hydrogens (tertiary/aromatic N) is 1. The molecule has 1 saturated heterocycles. The summed E-state index contributed by atoms with van der Waals surface area (Å²) in [5.41, 5.74) is 2.27.